The van der Waals surface area contributed by atoms with Gasteiger partial charge in [0, 0.05) is 39.3 Å². The number of hydrogen-bond acceptors (Lipinski definition) is 5. The van der Waals surface area contributed by atoms with E-state index in [2.05, 4.69) is 9.97 Å². The van der Waals surface area contributed by atoms with Gasteiger partial charge in [-0.25, -0.2) is 4.98 Å². The Bertz CT molecular complexity index is 959. The molecule has 0 atom stereocenters. The molecule has 2 saturated heterocycles. The van der Waals surface area contributed by atoms with Gasteiger partial charge in [-0.05, 0) is 31.4 Å². The lowest BCUT2D eigenvalue weighted by Gasteiger charge is -2.31. The Morgan fingerprint density at radius 1 is 0.821 bits per heavy atom. The molecule has 4 rings (SSSR count). The van der Waals surface area contributed by atoms with Crippen LogP contribution in [0, 0.1) is 0 Å². The van der Waals surface area contributed by atoms with Crippen LogP contribution in [0.25, 0.3) is 11.0 Å². The lowest BCUT2D eigenvalue weighted by Crippen LogP contribution is -2.47. The molecule has 28 heavy (non-hydrogen) atoms. The maximum Gasteiger partial charge on any atom is 0.282 e. The van der Waals surface area contributed by atoms with Gasteiger partial charge in [0.05, 0.1) is 17.2 Å². The number of fused-ring (bicyclic) bond motifs is 1. The number of hydrogen-bond donors (Lipinski definition) is 0. The molecule has 0 N–H and O–H groups in total. The summed E-state index contributed by atoms with van der Waals surface area (Å²) >= 11 is 0. The summed E-state index contributed by atoms with van der Waals surface area (Å²) in [4.78, 5) is 23.3. The SMILES string of the molecule is O=C(c1cnc2ccccc2n1)N1CCCN(S(=O)(=O)N2CCCCC2)CC1. The van der Waals surface area contributed by atoms with Crippen LogP contribution < -0.4 is 0 Å². The highest BCUT2D eigenvalue weighted by Gasteiger charge is 2.32. The van der Waals surface area contributed by atoms with Crippen LogP contribution in [0.1, 0.15) is 36.2 Å². The minimum Gasteiger partial charge on any atom is -0.336 e. The van der Waals surface area contributed by atoms with E-state index in [1.807, 2.05) is 24.3 Å². The number of nitrogens with zero attached hydrogens (tertiary/aromatic N) is 5. The molecule has 0 aliphatic carbocycles. The summed E-state index contributed by atoms with van der Waals surface area (Å²) in [5, 5.41) is 0. The predicted molar refractivity (Wildman–Crippen MR) is 106 cm³/mol. The van der Waals surface area contributed by atoms with E-state index in [0.717, 1.165) is 24.8 Å². The molecule has 1 amide bonds. The van der Waals surface area contributed by atoms with Gasteiger partial charge in [-0.2, -0.15) is 17.0 Å². The van der Waals surface area contributed by atoms with Gasteiger partial charge in [-0.3, -0.25) is 9.78 Å². The first-order valence-corrected chi connectivity index (χ1v) is 11.2. The van der Waals surface area contributed by atoms with Crippen LogP contribution >= 0.6 is 0 Å². The largest absolute Gasteiger partial charge is 0.336 e. The van der Waals surface area contributed by atoms with Crippen molar-refractivity contribution < 1.29 is 13.2 Å². The van der Waals surface area contributed by atoms with E-state index in [-0.39, 0.29) is 5.91 Å². The summed E-state index contributed by atoms with van der Waals surface area (Å²) in [5.41, 5.74) is 1.72. The van der Waals surface area contributed by atoms with Gasteiger partial charge in [0.2, 0.25) is 0 Å². The molecule has 3 heterocycles. The van der Waals surface area contributed by atoms with Crippen LogP contribution in [0.15, 0.2) is 30.5 Å². The van der Waals surface area contributed by atoms with E-state index in [1.165, 1.54) is 10.5 Å². The van der Waals surface area contributed by atoms with Crippen LogP contribution in [-0.2, 0) is 10.2 Å². The van der Waals surface area contributed by atoms with Crippen molar-refractivity contribution >= 4 is 27.1 Å². The minimum absolute atomic E-state index is 0.199. The normalized spacial score (nSPS) is 20.2. The van der Waals surface area contributed by atoms with Crippen LogP contribution in [0.4, 0.5) is 0 Å². The summed E-state index contributed by atoms with van der Waals surface area (Å²) in [6, 6.07) is 7.42. The summed E-state index contributed by atoms with van der Waals surface area (Å²) in [6.07, 6.45) is 5.02. The molecule has 2 aliphatic rings. The molecule has 2 aromatic rings. The van der Waals surface area contributed by atoms with Crippen LogP contribution in [-0.4, -0.2) is 77.1 Å². The van der Waals surface area contributed by atoms with Crippen molar-refractivity contribution in [3.8, 4) is 0 Å². The number of piperidine rings is 1. The summed E-state index contributed by atoms with van der Waals surface area (Å²) in [5.74, 6) is -0.199. The fourth-order valence-electron chi connectivity index (χ4n) is 3.81. The quantitative estimate of drug-likeness (QED) is 0.775. The van der Waals surface area contributed by atoms with Crippen molar-refractivity contribution in [2.75, 3.05) is 39.3 Å². The van der Waals surface area contributed by atoms with E-state index in [4.69, 9.17) is 0 Å². The topological polar surface area (TPSA) is 86.7 Å². The molecule has 0 spiro atoms. The summed E-state index contributed by atoms with van der Waals surface area (Å²) < 4.78 is 28.9. The Labute approximate surface area is 165 Å². The first-order chi connectivity index (χ1) is 13.6. The Balaban J connectivity index is 1.46. The molecular formula is C19H25N5O3S. The van der Waals surface area contributed by atoms with Gasteiger partial charge in [-0.1, -0.05) is 18.6 Å². The van der Waals surface area contributed by atoms with E-state index >= 15 is 0 Å². The molecule has 1 aromatic heterocycles. The Morgan fingerprint density at radius 2 is 1.50 bits per heavy atom. The van der Waals surface area contributed by atoms with E-state index in [9.17, 15) is 13.2 Å². The molecule has 9 heteroatoms. The highest BCUT2D eigenvalue weighted by molar-refractivity contribution is 7.86. The number of benzene rings is 1. The monoisotopic (exact) mass is 403 g/mol. The lowest BCUT2D eigenvalue weighted by atomic mass is 10.2. The third-order valence-electron chi connectivity index (χ3n) is 5.38. The smallest absolute Gasteiger partial charge is 0.282 e. The number of carbonyl (C=O) groups excluding carboxylic acids is 1. The Hall–Kier alpha value is -2.10. The van der Waals surface area contributed by atoms with E-state index in [1.54, 1.807) is 9.21 Å². The molecular weight excluding hydrogens is 378 g/mol. The maximum absolute atomic E-state index is 12.9. The van der Waals surface area contributed by atoms with Crippen LogP contribution in [0.5, 0.6) is 0 Å². The second kappa shape index (κ2) is 8.10. The highest BCUT2D eigenvalue weighted by Crippen LogP contribution is 2.19. The van der Waals surface area contributed by atoms with Gasteiger partial charge >= 0.3 is 0 Å². The molecule has 0 saturated carbocycles. The molecule has 1 aromatic carbocycles. The summed E-state index contributed by atoms with van der Waals surface area (Å²) in [6.45, 7) is 2.81. The molecule has 0 radical (unpaired) electrons. The molecule has 0 bridgehead atoms. The average molecular weight is 404 g/mol. The molecule has 150 valence electrons. The van der Waals surface area contributed by atoms with Crippen molar-refractivity contribution in [1.82, 2.24) is 23.5 Å². The average Bonchev–Trinajstić information content (AvgIpc) is 3.00. The van der Waals surface area contributed by atoms with Gasteiger partial charge in [0.25, 0.3) is 16.1 Å². The maximum atomic E-state index is 12.9. The van der Waals surface area contributed by atoms with Gasteiger partial charge in [0.1, 0.15) is 5.69 Å². The Morgan fingerprint density at radius 3 is 2.29 bits per heavy atom. The number of para-hydroxylation sites is 2. The number of amides is 1. The van der Waals surface area contributed by atoms with Crippen molar-refractivity contribution in [1.29, 1.82) is 0 Å². The van der Waals surface area contributed by atoms with Gasteiger partial charge in [0.15, 0.2) is 0 Å². The third kappa shape index (κ3) is 3.87. The number of rotatable bonds is 3. The zero-order chi connectivity index (χ0) is 19.6. The van der Waals surface area contributed by atoms with E-state index < -0.39 is 10.2 Å². The zero-order valence-corrected chi connectivity index (χ0v) is 16.6. The first kappa shape index (κ1) is 19.2. The first-order valence-electron chi connectivity index (χ1n) is 9.82. The van der Waals surface area contributed by atoms with Crippen molar-refractivity contribution in [2.24, 2.45) is 0 Å². The molecule has 0 unspecified atom stereocenters. The molecule has 2 aliphatic heterocycles. The van der Waals surface area contributed by atoms with Crippen LogP contribution in [0.3, 0.4) is 0 Å². The standard InChI is InChI=1S/C19H25N5O3S/c25-19(18-15-20-16-7-2-3-8-17(16)21-18)22-9-6-12-24(14-13-22)28(26,27)23-10-4-1-5-11-23/h2-3,7-8,15H,1,4-6,9-14H2. The third-order valence-corrected chi connectivity index (χ3v) is 7.41. The van der Waals surface area contributed by atoms with Crippen LogP contribution in [0.2, 0.25) is 0 Å². The highest BCUT2D eigenvalue weighted by atomic mass is 32.2. The fraction of sp³-hybridized carbons (Fsp3) is 0.526. The Kier molecular flexibility index (Phi) is 5.56. The fourth-order valence-corrected chi connectivity index (χ4v) is 5.53. The predicted octanol–water partition coefficient (Wildman–Crippen LogP) is 1.51. The second-order valence-corrected chi connectivity index (χ2v) is 9.18. The number of aromatic nitrogens is 2. The zero-order valence-electron chi connectivity index (χ0n) is 15.8. The summed E-state index contributed by atoms with van der Waals surface area (Å²) in [7, 11) is -3.45. The molecule has 8 nitrogen and oxygen atoms in total. The second-order valence-electron chi connectivity index (χ2n) is 7.26. The van der Waals surface area contributed by atoms with Crippen molar-refractivity contribution in [3.05, 3.63) is 36.2 Å². The van der Waals surface area contributed by atoms with E-state index in [0.29, 0.717) is 56.9 Å². The minimum atomic E-state index is -3.45. The van der Waals surface area contributed by atoms with Gasteiger partial charge in [-0.15, -0.1) is 0 Å². The lowest BCUT2D eigenvalue weighted by molar-refractivity contribution is 0.0758. The van der Waals surface area contributed by atoms with Crippen molar-refractivity contribution in [3.63, 3.8) is 0 Å². The number of carbonyl (C=O) groups is 1. The van der Waals surface area contributed by atoms with Gasteiger partial charge < -0.3 is 4.90 Å². The molecule has 2 fully saturated rings. The van der Waals surface area contributed by atoms with Crippen molar-refractivity contribution in [2.45, 2.75) is 25.7 Å².